The maximum Gasteiger partial charge on any atom is 0.227 e. The summed E-state index contributed by atoms with van der Waals surface area (Å²) >= 11 is 0. The van der Waals surface area contributed by atoms with Gasteiger partial charge in [0.05, 0.1) is 29.5 Å². The van der Waals surface area contributed by atoms with Crippen molar-refractivity contribution in [3.8, 4) is 0 Å². The summed E-state index contributed by atoms with van der Waals surface area (Å²) in [7, 11) is 0. The Labute approximate surface area is 146 Å². The van der Waals surface area contributed by atoms with Gasteiger partial charge < -0.3 is 10.3 Å². The Balaban J connectivity index is 1.31. The Bertz CT molecular complexity index is 819. The molecule has 128 valence electrons. The highest BCUT2D eigenvalue weighted by Gasteiger charge is 2.25. The number of anilines is 1. The SMILES string of the molecule is O=C(Nc1cccnc1)C1CCN(Cc2nc3ccccc3[nH]2)CC1. The second-order valence-electron chi connectivity index (χ2n) is 6.48. The number of aromatic nitrogens is 3. The van der Waals surface area contributed by atoms with E-state index in [4.69, 9.17) is 0 Å². The number of hydrogen-bond donors (Lipinski definition) is 2. The molecular formula is C19H21N5O. The summed E-state index contributed by atoms with van der Waals surface area (Å²) in [6.45, 7) is 2.61. The third-order valence-electron chi connectivity index (χ3n) is 4.70. The molecule has 1 aliphatic rings. The van der Waals surface area contributed by atoms with Gasteiger partial charge in [0.1, 0.15) is 5.82 Å². The molecule has 6 nitrogen and oxygen atoms in total. The van der Waals surface area contributed by atoms with E-state index in [1.165, 1.54) is 0 Å². The summed E-state index contributed by atoms with van der Waals surface area (Å²) in [6, 6.07) is 11.8. The van der Waals surface area contributed by atoms with Crippen LogP contribution in [0, 0.1) is 5.92 Å². The van der Waals surface area contributed by atoms with Gasteiger partial charge in [0.25, 0.3) is 0 Å². The van der Waals surface area contributed by atoms with Gasteiger partial charge in [-0.05, 0) is 50.2 Å². The van der Waals surface area contributed by atoms with Crippen molar-refractivity contribution in [2.45, 2.75) is 19.4 Å². The molecule has 6 heteroatoms. The molecule has 25 heavy (non-hydrogen) atoms. The zero-order chi connectivity index (χ0) is 17.1. The molecule has 2 aromatic heterocycles. The fourth-order valence-electron chi connectivity index (χ4n) is 3.33. The number of H-pyrrole nitrogens is 1. The predicted molar refractivity (Wildman–Crippen MR) is 97.0 cm³/mol. The van der Waals surface area contributed by atoms with Crippen molar-refractivity contribution in [2.24, 2.45) is 5.92 Å². The molecule has 0 aliphatic carbocycles. The number of rotatable bonds is 4. The van der Waals surface area contributed by atoms with Gasteiger partial charge in [0.2, 0.25) is 5.91 Å². The summed E-state index contributed by atoms with van der Waals surface area (Å²) < 4.78 is 0. The van der Waals surface area contributed by atoms with Crippen LogP contribution >= 0.6 is 0 Å². The van der Waals surface area contributed by atoms with E-state index in [-0.39, 0.29) is 11.8 Å². The molecule has 4 rings (SSSR count). The molecular weight excluding hydrogens is 314 g/mol. The van der Waals surface area contributed by atoms with Crippen LogP contribution in [0.4, 0.5) is 5.69 Å². The maximum atomic E-state index is 12.4. The Morgan fingerprint density at radius 1 is 1.20 bits per heavy atom. The number of benzene rings is 1. The largest absolute Gasteiger partial charge is 0.341 e. The van der Waals surface area contributed by atoms with E-state index in [2.05, 4.69) is 25.2 Å². The first-order valence-electron chi connectivity index (χ1n) is 8.65. The molecule has 0 bridgehead atoms. The Hall–Kier alpha value is -2.73. The van der Waals surface area contributed by atoms with Crippen molar-refractivity contribution in [2.75, 3.05) is 18.4 Å². The fraction of sp³-hybridized carbons (Fsp3) is 0.316. The zero-order valence-corrected chi connectivity index (χ0v) is 14.0. The number of likely N-dealkylation sites (tertiary alicyclic amines) is 1. The summed E-state index contributed by atoms with van der Waals surface area (Å²) in [5.74, 6) is 1.14. The molecule has 0 atom stereocenters. The maximum absolute atomic E-state index is 12.4. The molecule has 0 unspecified atom stereocenters. The van der Waals surface area contributed by atoms with E-state index >= 15 is 0 Å². The predicted octanol–water partition coefficient (Wildman–Crippen LogP) is 2.81. The number of aromatic amines is 1. The molecule has 1 saturated heterocycles. The highest BCUT2D eigenvalue weighted by Crippen LogP contribution is 2.21. The van der Waals surface area contributed by atoms with Crippen molar-refractivity contribution in [3.05, 3.63) is 54.6 Å². The van der Waals surface area contributed by atoms with Gasteiger partial charge in [-0.3, -0.25) is 14.7 Å². The van der Waals surface area contributed by atoms with Gasteiger partial charge in [0.15, 0.2) is 0 Å². The summed E-state index contributed by atoms with van der Waals surface area (Å²) in [5.41, 5.74) is 2.84. The minimum Gasteiger partial charge on any atom is -0.341 e. The highest BCUT2D eigenvalue weighted by molar-refractivity contribution is 5.92. The van der Waals surface area contributed by atoms with Gasteiger partial charge in [0, 0.05) is 12.1 Å². The lowest BCUT2D eigenvalue weighted by Crippen LogP contribution is -2.38. The Morgan fingerprint density at radius 3 is 2.80 bits per heavy atom. The van der Waals surface area contributed by atoms with Crippen molar-refractivity contribution in [1.29, 1.82) is 0 Å². The van der Waals surface area contributed by atoms with Crippen LogP contribution in [0.5, 0.6) is 0 Å². The minimum absolute atomic E-state index is 0.0622. The van der Waals surface area contributed by atoms with Gasteiger partial charge in [-0.15, -0.1) is 0 Å². The number of hydrogen-bond acceptors (Lipinski definition) is 4. The van der Waals surface area contributed by atoms with Gasteiger partial charge in [-0.2, -0.15) is 0 Å². The molecule has 0 spiro atoms. The number of imidazole rings is 1. The van der Waals surface area contributed by atoms with Crippen LogP contribution in [0.15, 0.2) is 48.8 Å². The normalized spacial score (nSPS) is 16.2. The topological polar surface area (TPSA) is 73.9 Å². The van der Waals surface area contributed by atoms with Gasteiger partial charge >= 0.3 is 0 Å². The smallest absolute Gasteiger partial charge is 0.227 e. The van der Waals surface area contributed by atoms with Gasteiger partial charge in [-0.1, -0.05) is 12.1 Å². The average molecular weight is 335 g/mol. The molecule has 1 aromatic carbocycles. The lowest BCUT2D eigenvalue weighted by Gasteiger charge is -2.30. The van der Waals surface area contributed by atoms with E-state index in [0.29, 0.717) is 0 Å². The number of amides is 1. The van der Waals surface area contributed by atoms with E-state index in [1.54, 1.807) is 12.4 Å². The summed E-state index contributed by atoms with van der Waals surface area (Å²) in [5, 5.41) is 2.96. The minimum atomic E-state index is 0.0622. The molecule has 0 radical (unpaired) electrons. The van der Waals surface area contributed by atoms with Crippen molar-refractivity contribution in [1.82, 2.24) is 19.9 Å². The van der Waals surface area contributed by atoms with Crippen molar-refractivity contribution in [3.63, 3.8) is 0 Å². The van der Waals surface area contributed by atoms with Crippen LogP contribution in [-0.4, -0.2) is 38.8 Å². The number of nitrogens with zero attached hydrogens (tertiary/aromatic N) is 3. The molecule has 2 N–H and O–H groups in total. The second kappa shape index (κ2) is 7.03. The average Bonchev–Trinajstić information content (AvgIpc) is 3.05. The van der Waals surface area contributed by atoms with Crippen LogP contribution in [0.1, 0.15) is 18.7 Å². The highest BCUT2D eigenvalue weighted by atomic mass is 16.1. The lowest BCUT2D eigenvalue weighted by molar-refractivity contribution is -0.121. The number of nitrogens with one attached hydrogen (secondary N) is 2. The Kier molecular flexibility index (Phi) is 4.43. The standard InChI is InChI=1S/C19H21N5O/c25-19(21-15-4-3-9-20-12-15)14-7-10-24(11-8-14)13-18-22-16-5-1-2-6-17(16)23-18/h1-6,9,12,14H,7-8,10-11,13H2,(H,21,25)(H,22,23). The number of pyridine rings is 1. The van der Waals surface area contributed by atoms with Crippen LogP contribution in [-0.2, 0) is 11.3 Å². The number of para-hydroxylation sites is 2. The molecule has 3 heterocycles. The number of carbonyl (C=O) groups excluding carboxylic acids is 1. The monoisotopic (exact) mass is 335 g/mol. The van der Waals surface area contributed by atoms with Crippen LogP contribution in [0.2, 0.25) is 0 Å². The van der Waals surface area contributed by atoms with Crippen molar-refractivity contribution < 1.29 is 4.79 Å². The number of fused-ring (bicyclic) bond motifs is 1. The second-order valence-corrected chi connectivity index (χ2v) is 6.48. The third-order valence-corrected chi connectivity index (χ3v) is 4.70. The van der Waals surface area contributed by atoms with E-state index in [9.17, 15) is 4.79 Å². The summed E-state index contributed by atoms with van der Waals surface area (Å²) in [4.78, 5) is 26.8. The van der Waals surface area contributed by atoms with Crippen LogP contribution in [0.25, 0.3) is 11.0 Å². The molecule has 0 saturated carbocycles. The first-order valence-corrected chi connectivity index (χ1v) is 8.65. The molecule has 1 aliphatic heterocycles. The molecule has 1 fully saturated rings. The van der Waals surface area contributed by atoms with Gasteiger partial charge in [-0.25, -0.2) is 4.98 Å². The van der Waals surface area contributed by atoms with Crippen molar-refractivity contribution >= 4 is 22.6 Å². The first-order chi connectivity index (χ1) is 12.3. The Morgan fingerprint density at radius 2 is 2.04 bits per heavy atom. The quantitative estimate of drug-likeness (QED) is 0.769. The molecule has 3 aromatic rings. The summed E-state index contributed by atoms with van der Waals surface area (Å²) in [6.07, 6.45) is 5.11. The zero-order valence-electron chi connectivity index (χ0n) is 14.0. The van der Waals surface area contributed by atoms with E-state index < -0.39 is 0 Å². The number of carbonyl (C=O) groups is 1. The third kappa shape index (κ3) is 3.69. The molecule has 1 amide bonds. The number of piperidine rings is 1. The van der Waals surface area contributed by atoms with Crippen LogP contribution < -0.4 is 5.32 Å². The first kappa shape index (κ1) is 15.8. The fourth-order valence-corrected chi connectivity index (χ4v) is 3.33. The van der Waals surface area contributed by atoms with E-state index in [1.807, 2.05) is 36.4 Å². The lowest BCUT2D eigenvalue weighted by atomic mass is 9.96. The van der Waals surface area contributed by atoms with Crippen LogP contribution in [0.3, 0.4) is 0 Å². The van der Waals surface area contributed by atoms with E-state index in [0.717, 1.165) is 55.0 Å².